The van der Waals surface area contributed by atoms with E-state index in [9.17, 15) is 0 Å². The number of rotatable bonds is 3. The van der Waals surface area contributed by atoms with Crippen molar-refractivity contribution in [3.8, 4) is 5.82 Å². The highest BCUT2D eigenvalue weighted by Crippen LogP contribution is 2.19. The summed E-state index contributed by atoms with van der Waals surface area (Å²) >= 11 is 0. The van der Waals surface area contributed by atoms with E-state index in [0.29, 0.717) is 0 Å². The van der Waals surface area contributed by atoms with E-state index in [1.165, 1.54) is 11.9 Å². The molecule has 2 heterocycles. The van der Waals surface area contributed by atoms with Crippen LogP contribution < -0.4 is 5.32 Å². The standard InChI is InChI=1S/C13H13N5/c1-14-7-10-6-13(18-9-15-8-16-18)17-12-5-3-2-4-11(10)12/h2-6,8-9,14H,7H2,1H3. The zero-order chi connectivity index (χ0) is 12.4. The van der Waals surface area contributed by atoms with E-state index in [4.69, 9.17) is 0 Å². The monoisotopic (exact) mass is 239 g/mol. The minimum Gasteiger partial charge on any atom is -0.316 e. The van der Waals surface area contributed by atoms with E-state index >= 15 is 0 Å². The molecular weight excluding hydrogens is 226 g/mol. The quantitative estimate of drug-likeness (QED) is 0.753. The van der Waals surface area contributed by atoms with Gasteiger partial charge in [-0.1, -0.05) is 18.2 Å². The first-order valence-electron chi connectivity index (χ1n) is 5.77. The lowest BCUT2D eigenvalue weighted by Gasteiger charge is -2.08. The van der Waals surface area contributed by atoms with Gasteiger partial charge in [-0.2, -0.15) is 5.10 Å². The minimum absolute atomic E-state index is 0.788. The van der Waals surface area contributed by atoms with Crippen LogP contribution in [0, 0.1) is 0 Å². The fourth-order valence-corrected chi connectivity index (χ4v) is 2.01. The van der Waals surface area contributed by atoms with Gasteiger partial charge in [0.05, 0.1) is 5.52 Å². The average molecular weight is 239 g/mol. The Hall–Kier alpha value is -2.27. The van der Waals surface area contributed by atoms with Crippen molar-refractivity contribution in [3.05, 3.63) is 48.5 Å². The number of pyridine rings is 1. The van der Waals surface area contributed by atoms with E-state index in [2.05, 4.69) is 26.4 Å². The topological polar surface area (TPSA) is 55.6 Å². The number of para-hydroxylation sites is 1. The van der Waals surface area contributed by atoms with E-state index in [1.54, 1.807) is 11.0 Å². The summed E-state index contributed by atoms with van der Waals surface area (Å²) in [4.78, 5) is 8.54. The molecule has 0 saturated heterocycles. The van der Waals surface area contributed by atoms with Gasteiger partial charge >= 0.3 is 0 Å². The van der Waals surface area contributed by atoms with Gasteiger partial charge in [-0.25, -0.2) is 14.6 Å². The number of benzene rings is 1. The van der Waals surface area contributed by atoms with Crippen molar-refractivity contribution in [1.29, 1.82) is 0 Å². The van der Waals surface area contributed by atoms with Gasteiger partial charge in [-0.15, -0.1) is 0 Å². The molecule has 0 fully saturated rings. The molecule has 90 valence electrons. The van der Waals surface area contributed by atoms with Crippen molar-refractivity contribution < 1.29 is 0 Å². The Kier molecular flexibility index (Phi) is 2.74. The largest absolute Gasteiger partial charge is 0.316 e. The highest BCUT2D eigenvalue weighted by Gasteiger charge is 2.06. The Labute approximate surface area is 104 Å². The Morgan fingerprint density at radius 1 is 1.28 bits per heavy atom. The van der Waals surface area contributed by atoms with Gasteiger partial charge in [-0.3, -0.25) is 0 Å². The van der Waals surface area contributed by atoms with Gasteiger partial charge in [0.15, 0.2) is 5.82 Å². The lowest BCUT2D eigenvalue weighted by atomic mass is 10.1. The molecule has 3 rings (SSSR count). The van der Waals surface area contributed by atoms with Crippen molar-refractivity contribution >= 4 is 10.9 Å². The van der Waals surface area contributed by atoms with Crippen LogP contribution in [0.3, 0.4) is 0 Å². The number of nitrogens with one attached hydrogen (secondary N) is 1. The SMILES string of the molecule is CNCc1cc(-n2cncn2)nc2ccccc12. The summed E-state index contributed by atoms with van der Waals surface area (Å²) in [5, 5.41) is 8.46. The first-order chi connectivity index (χ1) is 8.88. The molecule has 1 N–H and O–H groups in total. The minimum atomic E-state index is 0.788. The summed E-state index contributed by atoms with van der Waals surface area (Å²) in [6.45, 7) is 0.796. The van der Waals surface area contributed by atoms with Gasteiger partial charge in [0.25, 0.3) is 0 Å². The van der Waals surface area contributed by atoms with Crippen molar-refractivity contribution in [2.45, 2.75) is 6.54 Å². The summed E-state index contributed by atoms with van der Waals surface area (Å²) < 4.78 is 1.67. The Bertz CT molecular complexity index is 660. The number of aromatic nitrogens is 4. The van der Waals surface area contributed by atoms with Gasteiger partial charge in [-0.05, 0) is 24.7 Å². The smallest absolute Gasteiger partial charge is 0.156 e. The molecule has 3 aromatic rings. The second-order valence-corrected chi connectivity index (χ2v) is 4.03. The highest BCUT2D eigenvalue weighted by molar-refractivity contribution is 5.83. The van der Waals surface area contributed by atoms with Crippen molar-refractivity contribution in [2.24, 2.45) is 0 Å². The zero-order valence-corrected chi connectivity index (χ0v) is 10.0. The zero-order valence-electron chi connectivity index (χ0n) is 10.0. The number of hydrogen-bond acceptors (Lipinski definition) is 4. The van der Waals surface area contributed by atoms with Crippen LogP contribution in [-0.2, 0) is 6.54 Å². The maximum atomic E-state index is 4.59. The van der Waals surface area contributed by atoms with Gasteiger partial charge < -0.3 is 5.32 Å². The lowest BCUT2D eigenvalue weighted by molar-refractivity contribution is 0.809. The van der Waals surface area contributed by atoms with Crippen LogP contribution in [0.2, 0.25) is 0 Å². The second-order valence-electron chi connectivity index (χ2n) is 4.03. The van der Waals surface area contributed by atoms with Crippen LogP contribution in [0.15, 0.2) is 43.0 Å². The summed E-state index contributed by atoms with van der Waals surface area (Å²) in [6.07, 6.45) is 3.16. The maximum Gasteiger partial charge on any atom is 0.156 e. The molecule has 0 unspecified atom stereocenters. The third-order valence-electron chi connectivity index (χ3n) is 2.81. The molecule has 0 atom stereocenters. The van der Waals surface area contributed by atoms with Gasteiger partial charge in [0.1, 0.15) is 12.7 Å². The predicted molar refractivity (Wildman–Crippen MR) is 69.4 cm³/mol. The molecule has 18 heavy (non-hydrogen) atoms. The fourth-order valence-electron chi connectivity index (χ4n) is 2.01. The molecule has 0 amide bonds. The molecule has 0 radical (unpaired) electrons. The normalized spacial score (nSPS) is 10.9. The van der Waals surface area contributed by atoms with Gasteiger partial charge in [0.2, 0.25) is 0 Å². The maximum absolute atomic E-state index is 4.59. The molecule has 2 aromatic heterocycles. The van der Waals surface area contributed by atoms with Crippen LogP contribution in [0.1, 0.15) is 5.56 Å². The number of nitrogens with zero attached hydrogens (tertiary/aromatic N) is 4. The molecule has 0 aliphatic rings. The summed E-state index contributed by atoms with van der Waals surface area (Å²) in [5.74, 6) is 0.788. The molecule has 5 nitrogen and oxygen atoms in total. The van der Waals surface area contributed by atoms with Crippen molar-refractivity contribution in [3.63, 3.8) is 0 Å². The Morgan fingerprint density at radius 3 is 2.94 bits per heavy atom. The molecular formula is C13H13N5. The molecule has 0 bridgehead atoms. The lowest BCUT2D eigenvalue weighted by Crippen LogP contribution is -2.08. The van der Waals surface area contributed by atoms with E-state index in [1.807, 2.05) is 31.3 Å². The van der Waals surface area contributed by atoms with Crippen LogP contribution in [-0.4, -0.2) is 26.8 Å². The number of fused-ring (bicyclic) bond motifs is 1. The van der Waals surface area contributed by atoms with E-state index in [0.717, 1.165) is 23.3 Å². The third-order valence-corrected chi connectivity index (χ3v) is 2.81. The Balaban J connectivity index is 2.23. The fraction of sp³-hybridized carbons (Fsp3) is 0.154. The summed E-state index contributed by atoms with van der Waals surface area (Å²) in [6, 6.07) is 10.1. The molecule has 0 aliphatic carbocycles. The number of hydrogen-bond donors (Lipinski definition) is 1. The first-order valence-corrected chi connectivity index (χ1v) is 5.77. The summed E-state index contributed by atoms with van der Waals surface area (Å²) in [7, 11) is 1.93. The Morgan fingerprint density at radius 2 is 2.17 bits per heavy atom. The highest BCUT2D eigenvalue weighted by atomic mass is 15.3. The molecule has 1 aromatic carbocycles. The molecule has 0 saturated carbocycles. The second kappa shape index (κ2) is 4.54. The average Bonchev–Trinajstić information content (AvgIpc) is 2.93. The van der Waals surface area contributed by atoms with Crippen LogP contribution >= 0.6 is 0 Å². The molecule has 0 aliphatic heterocycles. The molecule has 5 heteroatoms. The van der Waals surface area contributed by atoms with Crippen LogP contribution in [0.4, 0.5) is 0 Å². The predicted octanol–water partition coefficient (Wildman–Crippen LogP) is 1.53. The van der Waals surface area contributed by atoms with Crippen molar-refractivity contribution in [2.75, 3.05) is 7.05 Å². The summed E-state index contributed by atoms with van der Waals surface area (Å²) in [5.41, 5.74) is 2.17. The van der Waals surface area contributed by atoms with E-state index < -0.39 is 0 Å². The van der Waals surface area contributed by atoms with Crippen LogP contribution in [0.25, 0.3) is 16.7 Å². The first kappa shape index (κ1) is 10.9. The molecule has 0 spiro atoms. The van der Waals surface area contributed by atoms with Gasteiger partial charge in [0, 0.05) is 11.9 Å². The van der Waals surface area contributed by atoms with Crippen molar-refractivity contribution in [1.82, 2.24) is 25.1 Å². The third kappa shape index (κ3) is 1.84. The van der Waals surface area contributed by atoms with E-state index in [-0.39, 0.29) is 0 Å². The van der Waals surface area contributed by atoms with Crippen LogP contribution in [0.5, 0.6) is 0 Å².